The lowest BCUT2D eigenvalue weighted by atomic mass is 9.88. The van der Waals surface area contributed by atoms with Gasteiger partial charge in [0.15, 0.2) is 5.16 Å². The molecule has 0 fully saturated rings. The van der Waals surface area contributed by atoms with Gasteiger partial charge in [-0.3, -0.25) is 4.79 Å². The fourth-order valence-corrected chi connectivity index (χ4v) is 3.26. The van der Waals surface area contributed by atoms with Gasteiger partial charge >= 0.3 is 0 Å². The first kappa shape index (κ1) is 17.2. The molecule has 0 aliphatic carbocycles. The molecule has 20 heavy (non-hydrogen) atoms. The Morgan fingerprint density at radius 2 is 2.10 bits per heavy atom. The minimum absolute atomic E-state index is 0.0540. The van der Waals surface area contributed by atoms with Gasteiger partial charge in [0.05, 0.1) is 0 Å². The van der Waals surface area contributed by atoms with Gasteiger partial charge in [-0.05, 0) is 18.4 Å². The smallest absolute Gasteiger partial charge is 0.251 e. The third-order valence-electron chi connectivity index (χ3n) is 3.16. The number of nitrogens with one attached hydrogen (secondary N) is 2. The largest absolute Gasteiger partial charge is 0.313 e. The van der Waals surface area contributed by atoms with Gasteiger partial charge in [0.1, 0.15) is 0 Å². The van der Waals surface area contributed by atoms with E-state index >= 15 is 0 Å². The monoisotopic (exact) mass is 297 g/mol. The van der Waals surface area contributed by atoms with Crippen molar-refractivity contribution in [2.24, 2.45) is 5.41 Å². The summed E-state index contributed by atoms with van der Waals surface area (Å²) < 4.78 is 0. The van der Waals surface area contributed by atoms with Crippen LogP contribution in [-0.2, 0) is 6.42 Å². The Morgan fingerprint density at radius 1 is 1.40 bits per heavy atom. The highest BCUT2D eigenvalue weighted by atomic mass is 32.2. The number of hydrogen-bond acceptors (Lipinski definition) is 4. The van der Waals surface area contributed by atoms with Crippen molar-refractivity contribution in [3.05, 3.63) is 22.1 Å². The zero-order chi connectivity index (χ0) is 15.2. The summed E-state index contributed by atoms with van der Waals surface area (Å²) >= 11 is 1.62. The summed E-state index contributed by atoms with van der Waals surface area (Å²) in [6.45, 7) is 11.8. The van der Waals surface area contributed by atoms with E-state index in [1.165, 1.54) is 0 Å². The van der Waals surface area contributed by atoms with Crippen molar-refractivity contribution >= 4 is 11.8 Å². The van der Waals surface area contributed by atoms with Crippen LogP contribution in [0, 0.1) is 5.41 Å². The summed E-state index contributed by atoms with van der Waals surface area (Å²) in [5.41, 5.74) is 1.01. The molecule has 1 aromatic heterocycles. The molecule has 0 aliphatic rings. The summed E-state index contributed by atoms with van der Waals surface area (Å²) in [5.74, 6) is 0.899. The highest BCUT2D eigenvalue weighted by Crippen LogP contribution is 2.24. The SMILES string of the molecule is CCCc1cc(=O)[nH]c(SCC(NCC)C(C)(C)C)n1. The van der Waals surface area contributed by atoms with Crippen molar-refractivity contribution in [2.75, 3.05) is 12.3 Å². The van der Waals surface area contributed by atoms with E-state index in [0.717, 1.165) is 36.0 Å². The maximum Gasteiger partial charge on any atom is 0.251 e. The first-order valence-corrected chi connectivity index (χ1v) is 8.31. The fraction of sp³-hybridized carbons (Fsp3) is 0.733. The summed E-state index contributed by atoms with van der Waals surface area (Å²) in [6.07, 6.45) is 1.86. The average Bonchev–Trinajstić information content (AvgIpc) is 2.32. The molecule has 1 aromatic rings. The Labute approximate surface area is 126 Å². The topological polar surface area (TPSA) is 57.8 Å². The van der Waals surface area contributed by atoms with Crippen molar-refractivity contribution in [3.63, 3.8) is 0 Å². The lowest BCUT2D eigenvalue weighted by Gasteiger charge is -2.31. The second kappa shape index (κ2) is 7.84. The van der Waals surface area contributed by atoms with Crippen LogP contribution in [0.3, 0.4) is 0 Å². The Kier molecular flexibility index (Phi) is 6.76. The molecular formula is C15H27N3OS. The van der Waals surface area contributed by atoms with Crippen LogP contribution in [0.1, 0.15) is 46.7 Å². The summed E-state index contributed by atoms with van der Waals surface area (Å²) in [7, 11) is 0. The highest BCUT2D eigenvalue weighted by Gasteiger charge is 2.24. The van der Waals surface area contributed by atoms with Crippen molar-refractivity contribution in [2.45, 2.75) is 58.7 Å². The third-order valence-corrected chi connectivity index (χ3v) is 4.13. The van der Waals surface area contributed by atoms with Crippen LogP contribution < -0.4 is 10.9 Å². The van der Waals surface area contributed by atoms with Crippen LogP contribution in [0.15, 0.2) is 16.0 Å². The number of aryl methyl sites for hydroxylation is 1. The minimum atomic E-state index is -0.0540. The second-order valence-corrected chi connectivity index (χ2v) is 7.09. The first-order chi connectivity index (χ1) is 9.36. The molecular weight excluding hydrogens is 270 g/mol. The average molecular weight is 297 g/mol. The van der Waals surface area contributed by atoms with Gasteiger partial charge < -0.3 is 10.3 Å². The number of thioether (sulfide) groups is 1. The number of aromatic nitrogens is 2. The molecule has 2 N–H and O–H groups in total. The van der Waals surface area contributed by atoms with E-state index in [4.69, 9.17) is 0 Å². The molecule has 0 aromatic carbocycles. The molecule has 0 saturated heterocycles. The van der Waals surface area contributed by atoms with E-state index in [9.17, 15) is 4.79 Å². The van der Waals surface area contributed by atoms with Crippen LogP contribution in [0.2, 0.25) is 0 Å². The number of nitrogens with zero attached hydrogens (tertiary/aromatic N) is 1. The molecule has 0 amide bonds. The molecule has 1 rings (SSSR count). The first-order valence-electron chi connectivity index (χ1n) is 7.33. The van der Waals surface area contributed by atoms with Gasteiger partial charge in [0, 0.05) is 23.6 Å². The maximum absolute atomic E-state index is 11.6. The number of aromatic amines is 1. The van der Waals surface area contributed by atoms with Gasteiger partial charge in [-0.15, -0.1) is 0 Å². The van der Waals surface area contributed by atoms with E-state index in [1.807, 2.05) is 0 Å². The third kappa shape index (κ3) is 5.67. The molecule has 0 radical (unpaired) electrons. The zero-order valence-electron chi connectivity index (χ0n) is 13.2. The maximum atomic E-state index is 11.6. The number of rotatable bonds is 7. The second-order valence-electron chi connectivity index (χ2n) is 6.08. The zero-order valence-corrected chi connectivity index (χ0v) is 14.1. The van der Waals surface area contributed by atoms with Crippen molar-refractivity contribution < 1.29 is 0 Å². The van der Waals surface area contributed by atoms with Crippen molar-refractivity contribution in [1.82, 2.24) is 15.3 Å². The van der Waals surface area contributed by atoms with Gasteiger partial charge in [-0.25, -0.2) is 4.98 Å². The van der Waals surface area contributed by atoms with Gasteiger partial charge in [-0.2, -0.15) is 0 Å². The van der Waals surface area contributed by atoms with Gasteiger partial charge in [0.25, 0.3) is 5.56 Å². The standard InChI is InChI=1S/C15H27N3OS/c1-6-8-11-9-13(19)18-14(17-11)20-10-12(16-7-2)15(3,4)5/h9,12,16H,6-8,10H2,1-5H3,(H,17,18,19). The number of H-pyrrole nitrogens is 1. The Bertz CT molecular complexity index is 465. The van der Waals surface area contributed by atoms with Crippen LogP contribution in [-0.4, -0.2) is 28.3 Å². The van der Waals surface area contributed by atoms with Crippen LogP contribution >= 0.6 is 11.8 Å². The van der Waals surface area contributed by atoms with Crippen LogP contribution in [0.4, 0.5) is 0 Å². The molecule has 1 unspecified atom stereocenters. The molecule has 0 spiro atoms. The van der Waals surface area contributed by atoms with Crippen molar-refractivity contribution in [3.8, 4) is 0 Å². The van der Waals surface area contributed by atoms with E-state index in [0.29, 0.717) is 6.04 Å². The van der Waals surface area contributed by atoms with E-state index < -0.39 is 0 Å². The number of hydrogen-bond donors (Lipinski definition) is 2. The Balaban J connectivity index is 2.75. The van der Waals surface area contributed by atoms with Crippen LogP contribution in [0.5, 0.6) is 0 Å². The van der Waals surface area contributed by atoms with Gasteiger partial charge in [-0.1, -0.05) is 52.8 Å². The summed E-state index contributed by atoms with van der Waals surface area (Å²) in [6, 6.07) is 1.98. The lowest BCUT2D eigenvalue weighted by Crippen LogP contribution is -2.42. The van der Waals surface area contributed by atoms with E-state index in [2.05, 4.69) is 49.9 Å². The minimum Gasteiger partial charge on any atom is -0.313 e. The fourth-order valence-electron chi connectivity index (χ4n) is 1.96. The van der Waals surface area contributed by atoms with Crippen LogP contribution in [0.25, 0.3) is 0 Å². The summed E-state index contributed by atoms with van der Waals surface area (Å²) in [5, 5.41) is 4.24. The molecule has 1 atom stereocenters. The van der Waals surface area contributed by atoms with E-state index in [-0.39, 0.29) is 11.0 Å². The van der Waals surface area contributed by atoms with Crippen molar-refractivity contribution in [1.29, 1.82) is 0 Å². The van der Waals surface area contributed by atoms with E-state index in [1.54, 1.807) is 17.8 Å². The predicted octanol–water partition coefficient (Wildman–Crippen LogP) is 2.84. The molecule has 4 nitrogen and oxygen atoms in total. The predicted molar refractivity (Wildman–Crippen MR) is 86.5 cm³/mol. The molecule has 114 valence electrons. The normalized spacial score (nSPS) is 13.4. The lowest BCUT2D eigenvalue weighted by molar-refractivity contribution is 0.295. The van der Waals surface area contributed by atoms with Gasteiger partial charge in [0.2, 0.25) is 0 Å². The Morgan fingerprint density at radius 3 is 2.65 bits per heavy atom. The molecule has 0 bridgehead atoms. The quantitative estimate of drug-likeness (QED) is 0.600. The molecule has 1 heterocycles. The molecule has 0 saturated carbocycles. The molecule has 0 aliphatic heterocycles. The summed E-state index contributed by atoms with van der Waals surface area (Å²) in [4.78, 5) is 19.0. The molecule has 5 heteroatoms. The Hall–Kier alpha value is -0.810. The highest BCUT2D eigenvalue weighted by molar-refractivity contribution is 7.99.